The molecule has 4 rings (SSSR count). The predicted molar refractivity (Wildman–Crippen MR) is 156 cm³/mol. The van der Waals surface area contributed by atoms with Crippen molar-refractivity contribution in [1.82, 2.24) is 14.4 Å². The summed E-state index contributed by atoms with van der Waals surface area (Å²) in [5.74, 6) is 1.18. The van der Waals surface area contributed by atoms with E-state index in [-0.39, 0.29) is 24.4 Å². The van der Waals surface area contributed by atoms with Crippen LogP contribution in [-0.4, -0.2) is 53.0 Å². The van der Waals surface area contributed by atoms with Crippen LogP contribution in [0.5, 0.6) is 11.5 Å². The Morgan fingerprint density at radius 3 is 2.15 bits per heavy atom. The van der Waals surface area contributed by atoms with Crippen molar-refractivity contribution in [3.63, 3.8) is 0 Å². The van der Waals surface area contributed by atoms with E-state index in [0.29, 0.717) is 30.9 Å². The summed E-state index contributed by atoms with van der Waals surface area (Å²) in [5.41, 5.74) is 3.65. The summed E-state index contributed by atoms with van der Waals surface area (Å²) in [4.78, 5) is 30.7. The number of hydrogen-bond donors (Lipinski definition) is 0. The van der Waals surface area contributed by atoms with Crippen molar-refractivity contribution in [3.8, 4) is 11.5 Å². The molecular formula is C33H37N3O4. The van der Waals surface area contributed by atoms with Crippen LogP contribution in [0.2, 0.25) is 0 Å². The van der Waals surface area contributed by atoms with E-state index in [4.69, 9.17) is 9.47 Å². The molecular weight excluding hydrogens is 502 g/mol. The molecule has 2 amide bonds. The fourth-order valence-corrected chi connectivity index (χ4v) is 4.58. The third kappa shape index (κ3) is 7.32. The molecule has 40 heavy (non-hydrogen) atoms. The molecule has 0 N–H and O–H groups in total. The van der Waals surface area contributed by atoms with Crippen molar-refractivity contribution < 1.29 is 19.1 Å². The number of amides is 2. The van der Waals surface area contributed by atoms with Gasteiger partial charge in [0.1, 0.15) is 18.0 Å². The average molecular weight is 540 g/mol. The maximum atomic E-state index is 13.9. The van der Waals surface area contributed by atoms with Gasteiger partial charge in [-0.3, -0.25) is 9.59 Å². The maximum absolute atomic E-state index is 13.9. The molecule has 3 aromatic carbocycles. The zero-order chi connectivity index (χ0) is 28.5. The monoisotopic (exact) mass is 539 g/mol. The predicted octanol–water partition coefficient (Wildman–Crippen LogP) is 5.63. The van der Waals surface area contributed by atoms with Crippen LogP contribution in [0.3, 0.4) is 0 Å². The Balaban J connectivity index is 1.56. The Morgan fingerprint density at radius 1 is 0.775 bits per heavy atom. The zero-order valence-corrected chi connectivity index (χ0v) is 23.6. The van der Waals surface area contributed by atoms with Gasteiger partial charge in [-0.05, 0) is 73.5 Å². The van der Waals surface area contributed by atoms with Crippen LogP contribution >= 0.6 is 0 Å². The van der Waals surface area contributed by atoms with E-state index < -0.39 is 0 Å². The van der Waals surface area contributed by atoms with E-state index in [9.17, 15) is 9.59 Å². The fourth-order valence-electron chi connectivity index (χ4n) is 4.58. The van der Waals surface area contributed by atoms with Crippen molar-refractivity contribution in [2.24, 2.45) is 0 Å². The topological polar surface area (TPSA) is 64.0 Å². The molecule has 0 saturated carbocycles. The van der Waals surface area contributed by atoms with Gasteiger partial charge in [-0.15, -0.1) is 0 Å². The first-order valence-electron chi connectivity index (χ1n) is 13.4. The summed E-state index contributed by atoms with van der Waals surface area (Å²) < 4.78 is 12.8. The highest BCUT2D eigenvalue weighted by molar-refractivity contribution is 5.96. The first kappa shape index (κ1) is 28.5. The summed E-state index contributed by atoms with van der Waals surface area (Å²) >= 11 is 0. The second kappa shape index (κ2) is 13.5. The number of ether oxygens (including phenoxy) is 2. The van der Waals surface area contributed by atoms with Gasteiger partial charge in [0.05, 0.1) is 20.8 Å². The zero-order valence-electron chi connectivity index (χ0n) is 23.6. The molecule has 0 aliphatic heterocycles. The van der Waals surface area contributed by atoms with Crippen LogP contribution in [0.1, 0.15) is 41.0 Å². The lowest BCUT2D eigenvalue weighted by Gasteiger charge is -2.30. The molecule has 0 atom stereocenters. The molecule has 208 valence electrons. The van der Waals surface area contributed by atoms with Crippen LogP contribution in [-0.2, 0) is 24.4 Å². The second-order valence-corrected chi connectivity index (χ2v) is 9.97. The largest absolute Gasteiger partial charge is 0.497 e. The summed E-state index contributed by atoms with van der Waals surface area (Å²) in [6, 6.07) is 28.7. The standard InChI is InChI=1S/C33H37N3O4/c1-25(2)36(33(38)28-15-17-30(39-3)18-16-28)24-32(37)35(21-26-10-6-5-7-11-26)23-29-13-9-19-34(29)22-27-12-8-14-31(20-27)40-4/h5-20,25H,21-24H2,1-4H3. The quantitative estimate of drug-likeness (QED) is 0.234. The Labute approximate surface area is 236 Å². The minimum Gasteiger partial charge on any atom is -0.497 e. The first-order valence-corrected chi connectivity index (χ1v) is 13.4. The highest BCUT2D eigenvalue weighted by Gasteiger charge is 2.25. The highest BCUT2D eigenvalue weighted by Crippen LogP contribution is 2.19. The van der Waals surface area contributed by atoms with Crippen molar-refractivity contribution in [2.75, 3.05) is 20.8 Å². The lowest BCUT2D eigenvalue weighted by Crippen LogP contribution is -2.45. The maximum Gasteiger partial charge on any atom is 0.254 e. The van der Waals surface area contributed by atoms with Gasteiger partial charge < -0.3 is 23.8 Å². The van der Waals surface area contributed by atoms with Crippen LogP contribution < -0.4 is 9.47 Å². The first-order chi connectivity index (χ1) is 19.4. The summed E-state index contributed by atoms with van der Waals surface area (Å²) in [5, 5.41) is 0. The number of carbonyl (C=O) groups excluding carboxylic acids is 2. The molecule has 0 spiro atoms. The van der Waals surface area contributed by atoms with Crippen LogP contribution in [0.25, 0.3) is 0 Å². The van der Waals surface area contributed by atoms with Crippen LogP contribution in [0, 0.1) is 0 Å². The smallest absolute Gasteiger partial charge is 0.254 e. The Morgan fingerprint density at radius 2 is 1.48 bits per heavy atom. The molecule has 0 saturated heterocycles. The molecule has 0 bridgehead atoms. The van der Waals surface area contributed by atoms with Crippen molar-refractivity contribution in [2.45, 2.75) is 39.5 Å². The minimum atomic E-state index is -0.188. The molecule has 4 aromatic rings. The number of carbonyl (C=O) groups is 2. The normalized spacial score (nSPS) is 10.8. The van der Waals surface area contributed by atoms with E-state index >= 15 is 0 Å². The van der Waals surface area contributed by atoms with E-state index in [2.05, 4.69) is 10.6 Å². The third-order valence-electron chi connectivity index (χ3n) is 6.86. The number of rotatable bonds is 12. The molecule has 7 heteroatoms. The Hall–Kier alpha value is -4.52. The highest BCUT2D eigenvalue weighted by atomic mass is 16.5. The van der Waals surface area contributed by atoms with Gasteiger partial charge in [0.2, 0.25) is 5.91 Å². The fraction of sp³-hybridized carbons (Fsp3) is 0.273. The number of methoxy groups -OCH3 is 2. The lowest BCUT2D eigenvalue weighted by molar-refractivity contribution is -0.133. The van der Waals surface area contributed by atoms with E-state index in [1.165, 1.54) is 0 Å². The van der Waals surface area contributed by atoms with Crippen molar-refractivity contribution in [3.05, 3.63) is 120 Å². The number of hydrogen-bond acceptors (Lipinski definition) is 4. The molecule has 1 heterocycles. The van der Waals surface area contributed by atoms with Crippen LogP contribution in [0.4, 0.5) is 0 Å². The number of aromatic nitrogens is 1. The third-order valence-corrected chi connectivity index (χ3v) is 6.86. The van der Waals surface area contributed by atoms with E-state index in [1.54, 1.807) is 43.4 Å². The molecule has 0 radical (unpaired) electrons. The van der Waals surface area contributed by atoms with Gasteiger partial charge in [-0.25, -0.2) is 0 Å². The molecule has 0 fully saturated rings. The molecule has 0 unspecified atom stereocenters. The molecule has 0 aliphatic rings. The summed E-state index contributed by atoms with van der Waals surface area (Å²) in [6.07, 6.45) is 2.02. The summed E-state index contributed by atoms with van der Waals surface area (Å²) in [6.45, 7) is 5.33. The number of nitrogens with zero attached hydrogens (tertiary/aromatic N) is 3. The molecule has 7 nitrogen and oxygen atoms in total. The van der Waals surface area contributed by atoms with Gasteiger partial charge in [-0.1, -0.05) is 42.5 Å². The summed E-state index contributed by atoms with van der Waals surface area (Å²) in [7, 11) is 3.25. The van der Waals surface area contributed by atoms with Crippen molar-refractivity contribution >= 4 is 11.8 Å². The lowest BCUT2D eigenvalue weighted by atomic mass is 10.1. The average Bonchev–Trinajstić information content (AvgIpc) is 3.41. The van der Waals surface area contributed by atoms with Crippen LogP contribution in [0.15, 0.2) is 97.2 Å². The van der Waals surface area contributed by atoms with Gasteiger partial charge in [-0.2, -0.15) is 0 Å². The molecule has 0 aliphatic carbocycles. The van der Waals surface area contributed by atoms with Gasteiger partial charge >= 0.3 is 0 Å². The number of benzene rings is 3. The second-order valence-electron chi connectivity index (χ2n) is 9.97. The van der Waals surface area contributed by atoms with Crippen molar-refractivity contribution in [1.29, 1.82) is 0 Å². The minimum absolute atomic E-state index is 0.0219. The Kier molecular flexibility index (Phi) is 9.62. The van der Waals surface area contributed by atoms with Gasteiger partial charge in [0.25, 0.3) is 5.91 Å². The van der Waals surface area contributed by atoms with Gasteiger partial charge in [0.15, 0.2) is 0 Å². The van der Waals surface area contributed by atoms with Gasteiger partial charge in [0, 0.05) is 36.6 Å². The SMILES string of the molecule is COc1ccc(C(=O)N(CC(=O)N(Cc2ccccc2)Cc2cccn2Cc2cccc(OC)c2)C(C)C)cc1. The molecule has 1 aromatic heterocycles. The van der Waals surface area contributed by atoms with E-state index in [0.717, 1.165) is 22.6 Å². The Bertz CT molecular complexity index is 1400. The van der Waals surface area contributed by atoms with E-state index in [1.807, 2.05) is 85.6 Å².